The summed E-state index contributed by atoms with van der Waals surface area (Å²) >= 11 is 1.57. The van der Waals surface area contributed by atoms with Gasteiger partial charge in [-0.3, -0.25) is 0 Å². The molecule has 4 heteroatoms. The van der Waals surface area contributed by atoms with Crippen LogP contribution in [0.3, 0.4) is 0 Å². The van der Waals surface area contributed by atoms with E-state index in [4.69, 9.17) is 10.5 Å². The second-order valence-electron chi connectivity index (χ2n) is 4.43. The highest BCUT2D eigenvalue weighted by molar-refractivity contribution is 8.00. The Kier molecular flexibility index (Phi) is 3.86. The van der Waals surface area contributed by atoms with Crippen molar-refractivity contribution >= 4 is 23.4 Å². The number of methoxy groups -OCH3 is 1. The van der Waals surface area contributed by atoms with Crippen molar-refractivity contribution in [1.82, 2.24) is 0 Å². The van der Waals surface area contributed by atoms with Crippen LogP contribution >= 0.6 is 11.8 Å². The van der Waals surface area contributed by atoms with Crippen molar-refractivity contribution in [3.05, 3.63) is 23.8 Å². The zero-order valence-corrected chi connectivity index (χ0v) is 10.9. The first-order valence-electron chi connectivity index (χ1n) is 5.01. The monoisotopic (exact) mass is 239 g/mol. The minimum Gasteiger partial charge on any atom is -0.465 e. The zero-order chi connectivity index (χ0) is 12.3. The minimum absolute atomic E-state index is 0.00174. The Balaban J connectivity index is 3.19. The SMILES string of the molecule is COC(=O)c1cccc(N)c1SC(C)(C)C. The lowest BCUT2D eigenvalue weighted by molar-refractivity contribution is 0.0597. The Morgan fingerprint density at radius 3 is 2.50 bits per heavy atom. The molecule has 0 fully saturated rings. The summed E-state index contributed by atoms with van der Waals surface area (Å²) in [7, 11) is 1.37. The average Bonchev–Trinajstić information content (AvgIpc) is 2.18. The fraction of sp³-hybridized carbons (Fsp3) is 0.417. The molecule has 0 heterocycles. The third-order valence-electron chi connectivity index (χ3n) is 1.86. The smallest absolute Gasteiger partial charge is 0.339 e. The third-order valence-corrected chi connectivity index (χ3v) is 3.13. The first kappa shape index (κ1) is 12.9. The number of carbonyl (C=O) groups is 1. The van der Waals surface area contributed by atoms with E-state index in [1.165, 1.54) is 7.11 Å². The maximum Gasteiger partial charge on any atom is 0.339 e. The predicted molar refractivity (Wildman–Crippen MR) is 67.8 cm³/mol. The van der Waals surface area contributed by atoms with E-state index in [0.717, 1.165) is 4.90 Å². The number of nitrogen functional groups attached to an aromatic ring is 1. The van der Waals surface area contributed by atoms with Gasteiger partial charge in [-0.05, 0) is 12.1 Å². The summed E-state index contributed by atoms with van der Waals surface area (Å²) < 4.78 is 4.74. The van der Waals surface area contributed by atoms with Crippen LogP contribution in [0.1, 0.15) is 31.1 Å². The van der Waals surface area contributed by atoms with Crippen LogP contribution in [0, 0.1) is 0 Å². The molecule has 88 valence electrons. The highest BCUT2D eigenvalue weighted by Crippen LogP contribution is 2.38. The first-order chi connectivity index (χ1) is 7.35. The van der Waals surface area contributed by atoms with E-state index >= 15 is 0 Å². The van der Waals surface area contributed by atoms with Crippen molar-refractivity contribution in [2.24, 2.45) is 0 Å². The number of hydrogen-bond acceptors (Lipinski definition) is 4. The van der Waals surface area contributed by atoms with Crippen LogP contribution in [-0.4, -0.2) is 17.8 Å². The fourth-order valence-electron chi connectivity index (χ4n) is 1.25. The topological polar surface area (TPSA) is 52.3 Å². The molecule has 0 atom stereocenters. The quantitative estimate of drug-likeness (QED) is 0.490. The van der Waals surface area contributed by atoms with Crippen molar-refractivity contribution in [3.63, 3.8) is 0 Å². The molecule has 0 saturated heterocycles. The van der Waals surface area contributed by atoms with Gasteiger partial charge in [0.2, 0.25) is 0 Å². The Morgan fingerprint density at radius 2 is 2.00 bits per heavy atom. The van der Waals surface area contributed by atoms with Crippen LogP contribution in [0.4, 0.5) is 5.69 Å². The van der Waals surface area contributed by atoms with Gasteiger partial charge in [-0.1, -0.05) is 26.8 Å². The number of thioether (sulfide) groups is 1. The van der Waals surface area contributed by atoms with Gasteiger partial charge in [0.25, 0.3) is 0 Å². The van der Waals surface area contributed by atoms with Gasteiger partial charge in [0.15, 0.2) is 0 Å². The lowest BCUT2D eigenvalue weighted by Crippen LogP contribution is -2.11. The van der Waals surface area contributed by atoms with Crippen LogP contribution in [-0.2, 0) is 4.74 Å². The van der Waals surface area contributed by atoms with Gasteiger partial charge < -0.3 is 10.5 Å². The van der Waals surface area contributed by atoms with Gasteiger partial charge in [-0.2, -0.15) is 0 Å². The van der Waals surface area contributed by atoms with Gasteiger partial charge >= 0.3 is 5.97 Å². The van der Waals surface area contributed by atoms with Gasteiger partial charge in [-0.25, -0.2) is 4.79 Å². The molecule has 0 aliphatic rings. The molecule has 1 rings (SSSR count). The Labute approximate surface area is 100 Å². The summed E-state index contributed by atoms with van der Waals surface area (Å²) in [5, 5.41) is 0. The first-order valence-corrected chi connectivity index (χ1v) is 5.82. The van der Waals surface area contributed by atoms with Crippen LogP contribution in [0.25, 0.3) is 0 Å². The molecular weight excluding hydrogens is 222 g/mol. The summed E-state index contributed by atoms with van der Waals surface area (Å²) in [5.41, 5.74) is 7.04. The van der Waals surface area contributed by atoms with Crippen molar-refractivity contribution in [2.45, 2.75) is 30.4 Å². The van der Waals surface area contributed by atoms with E-state index in [0.29, 0.717) is 11.3 Å². The lowest BCUT2D eigenvalue weighted by Gasteiger charge is -2.20. The number of rotatable bonds is 2. The molecule has 0 spiro atoms. The minimum atomic E-state index is -0.348. The lowest BCUT2D eigenvalue weighted by atomic mass is 10.2. The number of ether oxygens (including phenoxy) is 1. The molecule has 0 aliphatic heterocycles. The van der Waals surface area contributed by atoms with Crippen molar-refractivity contribution in [2.75, 3.05) is 12.8 Å². The zero-order valence-electron chi connectivity index (χ0n) is 10.0. The van der Waals surface area contributed by atoms with Crippen molar-refractivity contribution in [3.8, 4) is 0 Å². The summed E-state index contributed by atoms with van der Waals surface area (Å²) in [5.74, 6) is -0.348. The summed E-state index contributed by atoms with van der Waals surface area (Å²) in [4.78, 5) is 12.4. The number of hydrogen-bond donors (Lipinski definition) is 1. The van der Waals surface area contributed by atoms with E-state index in [1.807, 2.05) is 0 Å². The molecule has 0 radical (unpaired) electrons. The molecule has 0 aromatic heterocycles. The van der Waals surface area contributed by atoms with E-state index in [-0.39, 0.29) is 10.7 Å². The summed E-state index contributed by atoms with van der Waals surface area (Å²) in [6.07, 6.45) is 0. The summed E-state index contributed by atoms with van der Waals surface area (Å²) in [6, 6.07) is 5.28. The Morgan fingerprint density at radius 1 is 1.38 bits per heavy atom. The Bertz CT molecular complexity index is 396. The van der Waals surface area contributed by atoms with Crippen LogP contribution < -0.4 is 5.73 Å². The largest absolute Gasteiger partial charge is 0.465 e. The molecule has 3 nitrogen and oxygen atoms in total. The molecule has 0 bridgehead atoms. The van der Waals surface area contributed by atoms with Crippen LogP contribution in [0.15, 0.2) is 23.1 Å². The van der Waals surface area contributed by atoms with E-state index < -0.39 is 0 Å². The molecule has 16 heavy (non-hydrogen) atoms. The average molecular weight is 239 g/mol. The maximum absolute atomic E-state index is 11.6. The number of benzene rings is 1. The number of carbonyl (C=O) groups excluding carboxylic acids is 1. The molecule has 1 aromatic carbocycles. The van der Waals surface area contributed by atoms with E-state index in [9.17, 15) is 4.79 Å². The standard InChI is InChI=1S/C12H17NO2S/c1-12(2,3)16-10-8(11(14)15-4)6-5-7-9(10)13/h5-7H,13H2,1-4H3. The van der Waals surface area contributed by atoms with E-state index in [2.05, 4.69) is 20.8 Å². The second kappa shape index (κ2) is 4.78. The molecule has 0 unspecified atom stereocenters. The summed E-state index contributed by atoms with van der Waals surface area (Å²) in [6.45, 7) is 6.22. The number of nitrogens with two attached hydrogens (primary N) is 1. The number of anilines is 1. The molecule has 0 aliphatic carbocycles. The molecular formula is C12H17NO2S. The van der Waals surface area contributed by atoms with Crippen LogP contribution in [0.2, 0.25) is 0 Å². The molecule has 1 aromatic rings. The van der Waals surface area contributed by atoms with Crippen molar-refractivity contribution in [1.29, 1.82) is 0 Å². The molecule has 0 saturated carbocycles. The highest BCUT2D eigenvalue weighted by Gasteiger charge is 2.20. The molecule has 2 N–H and O–H groups in total. The Hall–Kier alpha value is -1.16. The van der Waals surface area contributed by atoms with Gasteiger partial charge in [-0.15, -0.1) is 11.8 Å². The van der Waals surface area contributed by atoms with Gasteiger partial charge in [0, 0.05) is 15.3 Å². The fourth-order valence-corrected chi connectivity index (χ4v) is 2.31. The predicted octanol–water partition coefficient (Wildman–Crippen LogP) is 2.95. The number of esters is 1. The normalized spacial score (nSPS) is 11.2. The van der Waals surface area contributed by atoms with Gasteiger partial charge in [0.05, 0.1) is 12.7 Å². The van der Waals surface area contributed by atoms with Crippen LogP contribution in [0.5, 0.6) is 0 Å². The van der Waals surface area contributed by atoms with Crippen molar-refractivity contribution < 1.29 is 9.53 Å². The maximum atomic E-state index is 11.6. The van der Waals surface area contributed by atoms with Gasteiger partial charge in [0.1, 0.15) is 0 Å². The highest BCUT2D eigenvalue weighted by atomic mass is 32.2. The van der Waals surface area contributed by atoms with E-state index in [1.54, 1.807) is 30.0 Å². The molecule has 0 amide bonds. The second-order valence-corrected chi connectivity index (χ2v) is 6.27. The third kappa shape index (κ3) is 3.17.